The summed E-state index contributed by atoms with van der Waals surface area (Å²) >= 11 is 0. The molecule has 0 aliphatic heterocycles. The summed E-state index contributed by atoms with van der Waals surface area (Å²) in [6.45, 7) is 3.62. The van der Waals surface area contributed by atoms with Gasteiger partial charge in [-0.1, -0.05) is 0 Å². The molecule has 0 unspecified atom stereocenters. The van der Waals surface area contributed by atoms with Gasteiger partial charge in [-0.15, -0.1) is 0 Å². The van der Waals surface area contributed by atoms with Gasteiger partial charge in [-0.2, -0.15) is 0 Å². The lowest BCUT2D eigenvalue weighted by atomic mass is 9.94. The van der Waals surface area contributed by atoms with Crippen LogP contribution in [0.25, 0.3) is 0 Å². The number of halogens is 1. The van der Waals surface area contributed by atoms with E-state index in [1.165, 1.54) is 12.1 Å². The number of ether oxygens (including phenoxy) is 1. The predicted molar refractivity (Wildman–Crippen MR) is 50.2 cm³/mol. The maximum atomic E-state index is 12.9. The molecule has 2 N–H and O–H groups in total. The minimum Gasteiger partial charge on any atom is -0.496 e. The van der Waals surface area contributed by atoms with E-state index in [-0.39, 0.29) is 5.82 Å². The zero-order valence-corrected chi connectivity index (χ0v) is 8.10. The smallest absolute Gasteiger partial charge is 0.124 e. The maximum absolute atomic E-state index is 12.9. The van der Waals surface area contributed by atoms with E-state index < -0.39 is 5.54 Å². The van der Waals surface area contributed by atoms with Crippen LogP contribution in [0.15, 0.2) is 18.2 Å². The molecule has 0 aromatic heterocycles. The van der Waals surface area contributed by atoms with Gasteiger partial charge in [0.2, 0.25) is 0 Å². The Morgan fingerprint density at radius 1 is 1.38 bits per heavy atom. The molecule has 0 atom stereocenters. The summed E-state index contributed by atoms with van der Waals surface area (Å²) in [7, 11) is 1.54. The summed E-state index contributed by atoms with van der Waals surface area (Å²) < 4.78 is 18.0. The van der Waals surface area contributed by atoms with Gasteiger partial charge >= 0.3 is 0 Å². The van der Waals surface area contributed by atoms with Gasteiger partial charge < -0.3 is 10.5 Å². The second-order valence-electron chi connectivity index (χ2n) is 3.57. The zero-order chi connectivity index (χ0) is 10.1. The van der Waals surface area contributed by atoms with E-state index in [0.717, 1.165) is 0 Å². The van der Waals surface area contributed by atoms with Crippen LogP contribution in [-0.2, 0) is 5.54 Å². The first-order chi connectivity index (χ1) is 5.95. The standard InChI is InChI=1S/C10H14FNO/c1-10(2,12)8-6-7(11)4-5-9(8)13-3/h4-6H,12H2,1-3H3. The lowest BCUT2D eigenvalue weighted by Crippen LogP contribution is -2.29. The highest BCUT2D eigenvalue weighted by molar-refractivity contribution is 5.38. The number of benzene rings is 1. The van der Waals surface area contributed by atoms with Crippen LogP contribution in [0.2, 0.25) is 0 Å². The molecule has 0 heterocycles. The SMILES string of the molecule is COc1ccc(F)cc1C(C)(C)N. The fourth-order valence-electron chi connectivity index (χ4n) is 1.18. The Bertz CT molecular complexity index is 304. The summed E-state index contributed by atoms with van der Waals surface area (Å²) in [6, 6.07) is 4.34. The fourth-order valence-corrected chi connectivity index (χ4v) is 1.18. The van der Waals surface area contributed by atoms with Gasteiger partial charge in [-0.3, -0.25) is 0 Å². The van der Waals surface area contributed by atoms with Crippen molar-refractivity contribution in [2.75, 3.05) is 7.11 Å². The molecule has 0 aliphatic carbocycles. The highest BCUT2D eigenvalue weighted by atomic mass is 19.1. The monoisotopic (exact) mass is 183 g/mol. The lowest BCUT2D eigenvalue weighted by molar-refractivity contribution is 0.392. The van der Waals surface area contributed by atoms with E-state index in [0.29, 0.717) is 11.3 Å². The van der Waals surface area contributed by atoms with Crippen molar-refractivity contribution in [1.29, 1.82) is 0 Å². The molecular formula is C10H14FNO. The first kappa shape index (κ1) is 9.99. The average Bonchev–Trinajstić information content (AvgIpc) is 2.03. The third kappa shape index (κ3) is 2.18. The molecule has 0 saturated heterocycles. The summed E-state index contributed by atoms with van der Waals surface area (Å²) in [5.41, 5.74) is 5.94. The van der Waals surface area contributed by atoms with Gasteiger partial charge in [0.25, 0.3) is 0 Å². The van der Waals surface area contributed by atoms with Crippen LogP contribution >= 0.6 is 0 Å². The Morgan fingerprint density at radius 2 is 2.00 bits per heavy atom. The summed E-state index contributed by atoms with van der Waals surface area (Å²) in [4.78, 5) is 0. The molecular weight excluding hydrogens is 169 g/mol. The Labute approximate surface area is 77.5 Å². The van der Waals surface area contributed by atoms with Crippen molar-refractivity contribution in [3.63, 3.8) is 0 Å². The van der Waals surface area contributed by atoms with Gasteiger partial charge in [0.1, 0.15) is 11.6 Å². The molecule has 3 heteroatoms. The molecule has 2 nitrogen and oxygen atoms in total. The second-order valence-corrected chi connectivity index (χ2v) is 3.57. The maximum Gasteiger partial charge on any atom is 0.124 e. The van der Waals surface area contributed by atoms with E-state index in [9.17, 15) is 4.39 Å². The minimum absolute atomic E-state index is 0.297. The Morgan fingerprint density at radius 3 is 2.46 bits per heavy atom. The van der Waals surface area contributed by atoms with Crippen molar-refractivity contribution in [1.82, 2.24) is 0 Å². The second kappa shape index (κ2) is 3.34. The van der Waals surface area contributed by atoms with Crippen molar-refractivity contribution >= 4 is 0 Å². The van der Waals surface area contributed by atoms with Crippen LogP contribution in [-0.4, -0.2) is 7.11 Å². The summed E-state index contributed by atoms with van der Waals surface area (Å²) in [6.07, 6.45) is 0. The number of hydrogen-bond donors (Lipinski definition) is 1. The minimum atomic E-state index is -0.590. The normalized spacial score (nSPS) is 11.5. The van der Waals surface area contributed by atoms with Gasteiger partial charge in [0.15, 0.2) is 0 Å². The van der Waals surface area contributed by atoms with Crippen molar-refractivity contribution in [3.8, 4) is 5.75 Å². The van der Waals surface area contributed by atoms with Crippen LogP contribution in [0.5, 0.6) is 5.75 Å². The first-order valence-electron chi connectivity index (χ1n) is 4.08. The van der Waals surface area contributed by atoms with E-state index >= 15 is 0 Å². The van der Waals surface area contributed by atoms with E-state index in [1.54, 1.807) is 13.2 Å². The molecule has 0 bridgehead atoms. The van der Waals surface area contributed by atoms with Crippen molar-refractivity contribution < 1.29 is 9.13 Å². The summed E-state index contributed by atoms with van der Waals surface area (Å²) in [5.74, 6) is 0.322. The number of rotatable bonds is 2. The quantitative estimate of drug-likeness (QED) is 0.761. The molecule has 72 valence electrons. The number of hydrogen-bond acceptors (Lipinski definition) is 2. The molecule has 0 saturated carbocycles. The van der Waals surface area contributed by atoms with Gasteiger partial charge in [-0.05, 0) is 32.0 Å². The number of nitrogens with two attached hydrogens (primary N) is 1. The highest BCUT2D eigenvalue weighted by Crippen LogP contribution is 2.28. The molecule has 1 aromatic carbocycles. The lowest BCUT2D eigenvalue weighted by Gasteiger charge is -2.21. The molecule has 0 fully saturated rings. The molecule has 1 aromatic rings. The van der Waals surface area contributed by atoms with Crippen molar-refractivity contribution in [3.05, 3.63) is 29.6 Å². The van der Waals surface area contributed by atoms with Gasteiger partial charge in [0, 0.05) is 11.1 Å². The molecule has 0 radical (unpaired) electrons. The van der Waals surface area contributed by atoms with Gasteiger partial charge in [0.05, 0.1) is 7.11 Å². The molecule has 13 heavy (non-hydrogen) atoms. The Kier molecular flexibility index (Phi) is 2.57. The Balaban J connectivity index is 3.24. The van der Waals surface area contributed by atoms with Crippen LogP contribution in [0.3, 0.4) is 0 Å². The molecule has 0 amide bonds. The first-order valence-corrected chi connectivity index (χ1v) is 4.08. The molecule has 0 aliphatic rings. The van der Waals surface area contributed by atoms with Gasteiger partial charge in [-0.25, -0.2) is 4.39 Å². The summed E-state index contributed by atoms with van der Waals surface area (Å²) in [5, 5.41) is 0. The van der Waals surface area contributed by atoms with Crippen molar-refractivity contribution in [2.24, 2.45) is 5.73 Å². The number of methoxy groups -OCH3 is 1. The van der Waals surface area contributed by atoms with Crippen LogP contribution in [0.4, 0.5) is 4.39 Å². The van der Waals surface area contributed by atoms with Crippen LogP contribution in [0.1, 0.15) is 19.4 Å². The zero-order valence-electron chi connectivity index (χ0n) is 8.10. The topological polar surface area (TPSA) is 35.2 Å². The highest BCUT2D eigenvalue weighted by Gasteiger charge is 2.19. The van der Waals surface area contributed by atoms with Crippen molar-refractivity contribution in [2.45, 2.75) is 19.4 Å². The average molecular weight is 183 g/mol. The largest absolute Gasteiger partial charge is 0.496 e. The van der Waals surface area contributed by atoms with Crippen LogP contribution in [0, 0.1) is 5.82 Å². The fraction of sp³-hybridized carbons (Fsp3) is 0.400. The third-order valence-electron chi connectivity index (χ3n) is 1.86. The third-order valence-corrected chi connectivity index (χ3v) is 1.86. The van der Waals surface area contributed by atoms with Crippen LogP contribution < -0.4 is 10.5 Å². The van der Waals surface area contributed by atoms with E-state index in [1.807, 2.05) is 13.8 Å². The molecule has 1 rings (SSSR count). The predicted octanol–water partition coefficient (Wildman–Crippen LogP) is 2.03. The van der Waals surface area contributed by atoms with E-state index in [4.69, 9.17) is 10.5 Å². The van der Waals surface area contributed by atoms with E-state index in [2.05, 4.69) is 0 Å². The molecule has 0 spiro atoms. The Hall–Kier alpha value is -1.09.